The predicted octanol–water partition coefficient (Wildman–Crippen LogP) is 4.04. The first-order valence-corrected chi connectivity index (χ1v) is 8.19. The van der Waals surface area contributed by atoms with Crippen molar-refractivity contribution in [2.75, 3.05) is 0 Å². The minimum absolute atomic E-state index is 0.188. The summed E-state index contributed by atoms with van der Waals surface area (Å²) >= 11 is 0. The molecule has 0 saturated heterocycles. The second kappa shape index (κ2) is 7.33. The highest BCUT2D eigenvalue weighted by atomic mass is 19.4. The van der Waals surface area contributed by atoms with Crippen LogP contribution in [0, 0.1) is 0 Å². The van der Waals surface area contributed by atoms with Gasteiger partial charge in [-0.1, -0.05) is 18.2 Å². The largest absolute Gasteiger partial charge is 0.458 e. The summed E-state index contributed by atoms with van der Waals surface area (Å²) in [5.74, 6) is 0.783. The molecule has 2 aromatic carbocycles. The van der Waals surface area contributed by atoms with Crippen LogP contribution < -0.4 is 10.2 Å². The van der Waals surface area contributed by atoms with Gasteiger partial charge in [0.05, 0.1) is 16.8 Å². The molecule has 0 saturated carbocycles. The van der Waals surface area contributed by atoms with Crippen molar-refractivity contribution in [1.29, 1.82) is 0 Å². The number of rotatable bonds is 6. The van der Waals surface area contributed by atoms with Gasteiger partial charge in [0.15, 0.2) is 0 Å². The minimum atomic E-state index is -4.38. The number of alkyl halides is 3. The monoisotopic (exact) mass is 366 g/mol. The maximum Gasteiger partial charge on any atom is 0.416 e. The van der Waals surface area contributed by atoms with Crippen molar-refractivity contribution in [3.8, 4) is 11.5 Å². The molecule has 1 N–H and O–H groups in total. The summed E-state index contributed by atoms with van der Waals surface area (Å²) in [6.07, 6.45) is -4.38. The molecule has 140 valence electrons. The van der Waals surface area contributed by atoms with Crippen LogP contribution in [-0.4, -0.2) is 23.8 Å². The van der Waals surface area contributed by atoms with E-state index in [4.69, 9.17) is 9.39 Å². The average molecular weight is 366 g/mol. The molecule has 0 aliphatic rings. The smallest absolute Gasteiger partial charge is 0.416 e. The Kier molecular flexibility index (Phi) is 5.73. The zero-order chi connectivity index (χ0) is 19.6. The third-order valence-electron chi connectivity index (χ3n) is 4.44. The van der Waals surface area contributed by atoms with Crippen LogP contribution in [0.4, 0.5) is 13.2 Å². The number of ether oxygens (including phenoxy) is 1. The molecule has 0 atom stereocenters. The standard InChI is InChI=1S/C19H22BF3O3/c1-17(2,24)18(3,4)26-20-15-7-5-6-8-16(15)25-14-11-9-13(10-12-14)19(21,22)23/h5-12,20,24H,1-4H3. The van der Waals surface area contributed by atoms with E-state index in [1.165, 1.54) is 12.1 Å². The Bertz CT molecular complexity index is 735. The van der Waals surface area contributed by atoms with Gasteiger partial charge >= 0.3 is 13.7 Å². The van der Waals surface area contributed by atoms with Gasteiger partial charge in [0.25, 0.3) is 0 Å². The molecule has 0 radical (unpaired) electrons. The Morgan fingerprint density at radius 3 is 2.00 bits per heavy atom. The molecule has 2 aromatic rings. The highest BCUT2D eigenvalue weighted by molar-refractivity contribution is 6.48. The van der Waals surface area contributed by atoms with Crippen molar-refractivity contribution in [1.82, 2.24) is 0 Å². The average Bonchev–Trinajstić information content (AvgIpc) is 2.53. The van der Waals surface area contributed by atoms with Gasteiger partial charge in [-0.25, -0.2) is 0 Å². The van der Waals surface area contributed by atoms with Crippen molar-refractivity contribution in [3.05, 3.63) is 54.1 Å². The zero-order valence-electron chi connectivity index (χ0n) is 15.2. The molecule has 0 spiro atoms. The van der Waals surface area contributed by atoms with E-state index in [0.717, 1.165) is 17.6 Å². The molecule has 0 aliphatic carbocycles. The molecule has 0 heterocycles. The van der Waals surface area contributed by atoms with Crippen molar-refractivity contribution in [3.63, 3.8) is 0 Å². The number of benzene rings is 2. The summed E-state index contributed by atoms with van der Waals surface area (Å²) in [4.78, 5) is 0. The Labute approximate surface area is 152 Å². The Morgan fingerprint density at radius 1 is 0.885 bits per heavy atom. The summed E-state index contributed by atoms with van der Waals surface area (Å²) in [5, 5.41) is 10.2. The summed E-state index contributed by atoms with van der Waals surface area (Å²) in [7, 11) is 0.188. The van der Waals surface area contributed by atoms with Crippen LogP contribution in [-0.2, 0) is 10.8 Å². The Morgan fingerprint density at radius 2 is 1.46 bits per heavy atom. The Hall–Kier alpha value is -1.99. The van der Waals surface area contributed by atoms with Gasteiger partial charge < -0.3 is 14.5 Å². The SMILES string of the molecule is CC(C)(O)C(C)(C)OBc1ccccc1Oc1ccc(C(F)(F)F)cc1. The molecule has 0 amide bonds. The number of para-hydroxylation sites is 1. The van der Waals surface area contributed by atoms with Gasteiger partial charge in [-0.3, -0.25) is 0 Å². The summed E-state index contributed by atoms with van der Waals surface area (Å²) in [6, 6.07) is 11.6. The fourth-order valence-electron chi connectivity index (χ4n) is 2.00. The third-order valence-corrected chi connectivity index (χ3v) is 4.44. The first-order valence-electron chi connectivity index (χ1n) is 8.19. The van der Waals surface area contributed by atoms with E-state index < -0.39 is 22.9 Å². The van der Waals surface area contributed by atoms with E-state index in [1.807, 2.05) is 6.07 Å². The molecule has 0 bridgehead atoms. The Balaban J connectivity index is 2.14. The number of hydrogen-bond acceptors (Lipinski definition) is 3. The molecule has 2 rings (SSSR count). The molecule has 7 heteroatoms. The summed E-state index contributed by atoms with van der Waals surface area (Å²) in [5.41, 5.74) is -1.84. The van der Waals surface area contributed by atoms with Gasteiger partial charge in [0.2, 0.25) is 0 Å². The second-order valence-corrected chi connectivity index (χ2v) is 7.09. The van der Waals surface area contributed by atoms with Crippen molar-refractivity contribution in [2.45, 2.75) is 45.1 Å². The van der Waals surface area contributed by atoms with E-state index in [2.05, 4.69) is 0 Å². The predicted molar refractivity (Wildman–Crippen MR) is 96.2 cm³/mol. The second-order valence-electron chi connectivity index (χ2n) is 7.09. The molecule has 0 fully saturated rings. The fourth-order valence-corrected chi connectivity index (χ4v) is 2.00. The lowest BCUT2D eigenvalue weighted by atomic mass is 9.82. The molecule has 0 unspecified atom stereocenters. The zero-order valence-corrected chi connectivity index (χ0v) is 15.2. The van der Waals surface area contributed by atoms with Gasteiger partial charge in [0.1, 0.15) is 11.5 Å². The number of hydrogen-bond donors (Lipinski definition) is 1. The first-order chi connectivity index (χ1) is 11.9. The minimum Gasteiger partial charge on any atom is -0.458 e. The number of halogens is 3. The molecular formula is C19H22BF3O3. The summed E-state index contributed by atoms with van der Waals surface area (Å²) < 4.78 is 49.5. The lowest BCUT2D eigenvalue weighted by Gasteiger charge is -2.37. The third kappa shape index (κ3) is 5.02. The highest BCUT2D eigenvalue weighted by Gasteiger charge is 2.36. The van der Waals surface area contributed by atoms with E-state index in [0.29, 0.717) is 11.5 Å². The quantitative estimate of drug-likeness (QED) is 0.785. The molecule has 26 heavy (non-hydrogen) atoms. The van der Waals surface area contributed by atoms with Gasteiger partial charge in [-0.05, 0) is 63.5 Å². The maximum atomic E-state index is 12.6. The van der Waals surface area contributed by atoms with E-state index in [-0.39, 0.29) is 7.48 Å². The van der Waals surface area contributed by atoms with Gasteiger partial charge in [-0.15, -0.1) is 0 Å². The van der Waals surface area contributed by atoms with Crippen LogP contribution in [0.15, 0.2) is 48.5 Å². The van der Waals surface area contributed by atoms with Crippen LogP contribution in [0.2, 0.25) is 0 Å². The van der Waals surface area contributed by atoms with Crippen molar-refractivity contribution in [2.24, 2.45) is 0 Å². The van der Waals surface area contributed by atoms with Crippen LogP contribution >= 0.6 is 0 Å². The van der Waals surface area contributed by atoms with E-state index in [9.17, 15) is 18.3 Å². The lowest BCUT2D eigenvalue weighted by Crippen LogP contribution is -2.49. The lowest BCUT2D eigenvalue weighted by molar-refractivity contribution is -0.137. The number of aliphatic hydroxyl groups is 1. The van der Waals surface area contributed by atoms with E-state index >= 15 is 0 Å². The first kappa shape index (κ1) is 20.3. The molecule has 0 aliphatic heterocycles. The molecule has 3 nitrogen and oxygen atoms in total. The summed E-state index contributed by atoms with van der Waals surface area (Å²) in [6.45, 7) is 6.90. The van der Waals surface area contributed by atoms with Crippen LogP contribution in [0.5, 0.6) is 11.5 Å². The van der Waals surface area contributed by atoms with Crippen LogP contribution in [0.25, 0.3) is 0 Å². The highest BCUT2D eigenvalue weighted by Crippen LogP contribution is 2.31. The van der Waals surface area contributed by atoms with Crippen molar-refractivity contribution < 1.29 is 27.7 Å². The molecule has 0 aromatic heterocycles. The normalized spacial score (nSPS) is 12.8. The van der Waals surface area contributed by atoms with Crippen LogP contribution in [0.3, 0.4) is 0 Å². The van der Waals surface area contributed by atoms with Crippen LogP contribution in [0.1, 0.15) is 33.3 Å². The molecular weight excluding hydrogens is 344 g/mol. The maximum absolute atomic E-state index is 12.6. The fraction of sp³-hybridized carbons (Fsp3) is 0.368. The van der Waals surface area contributed by atoms with Gasteiger partial charge in [-0.2, -0.15) is 13.2 Å². The van der Waals surface area contributed by atoms with Gasteiger partial charge in [0, 0.05) is 0 Å². The van der Waals surface area contributed by atoms with E-state index in [1.54, 1.807) is 45.9 Å². The van der Waals surface area contributed by atoms with Crippen molar-refractivity contribution >= 4 is 12.9 Å². The topological polar surface area (TPSA) is 38.7 Å².